The number of allylic oxidation sites excluding steroid dienone is 2. The van der Waals surface area contributed by atoms with Crippen LogP contribution in [0.25, 0.3) is 6.08 Å². The van der Waals surface area contributed by atoms with Crippen molar-refractivity contribution in [3.8, 4) is 5.75 Å². The predicted octanol–water partition coefficient (Wildman–Crippen LogP) is 3.93. The van der Waals surface area contributed by atoms with Crippen molar-refractivity contribution in [1.82, 2.24) is 4.90 Å². The number of imide groups is 1. The van der Waals surface area contributed by atoms with Crippen molar-refractivity contribution >= 4 is 17.9 Å². The van der Waals surface area contributed by atoms with E-state index in [1.165, 1.54) is 21.6 Å². The summed E-state index contributed by atoms with van der Waals surface area (Å²) in [6.45, 7) is 4.79. The van der Waals surface area contributed by atoms with Gasteiger partial charge in [0.25, 0.3) is 0 Å². The number of benzene rings is 1. The number of fused-ring (bicyclic) bond motifs is 3. The second kappa shape index (κ2) is 7.79. The molecule has 1 aromatic carbocycles. The van der Waals surface area contributed by atoms with E-state index >= 15 is 0 Å². The molecule has 2 heterocycles. The molecule has 4 atom stereocenters. The van der Waals surface area contributed by atoms with E-state index in [4.69, 9.17) is 4.74 Å². The zero-order valence-corrected chi connectivity index (χ0v) is 17.4. The van der Waals surface area contributed by atoms with Crippen LogP contribution in [-0.4, -0.2) is 41.6 Å². The third-order valence-electron chi connectivity index (χ3n) is 6.82. The van der Waals surface area contributed by atoms with E-state index in [2.05, 4.69) is 19.9 Å². The monoisotopic (exact) mass is 395 g/mol. The molecule has 154 valence electrons. The van der Waals surface area contributed by atoms with E-state index in [1.54, 1.807) is 19.2 Å². The summed E-state index contributed by atoms with van der Waals surface area (Å²) in [5, 5.41) is 9.46. The lowest BCUT2D eigenvalue weighted by molar-refractivity contribution is -0.138. The summed E-state index contributed by atoms with van der Waals surface area (Å²) in [6.07, 6.45) is 5.65. The van der Waals surface area contributed by atoms with Crippen molar-refractivity contribution in [3.05, 3.63) is 46.5 Å². The Morgan fingerprint density at radius 2 is 1.93 bits per heavy atom. The molecule has 0 saturated carbocycles. The fraction of sp³-hybridized carbons (Fsp3) is 0.500. The number of carbonyl (C=O) groups excluding carboxylic acids is 2. The van der Waals surface area contributed by atoms with Gasteiger partial charge in [0.2, 0.25) is 11.8 Å². The second-order valence-corrected chi connectivity index (χ2v) is 8.52. The average Bonchev–Trinajstić information content (AvgIpc) is 3.23. The molecule has 0 bridgehead atoms. The van der Waals surface area contributed by atoms with Crippen LogP contribution in [-0.2, 0) is 14.3 Å². The van der Waals surface area contributed by atoms with Crippen molar-refractivity contribution in [2.24, 2.45) is 17.8 Å². The Bertz CT molecular complexity index is 883. The number of amides is 2. The quantitative estimate of drug-likeness (QED) is 0.606. The maximum atomic E-state index is 12.6. The van der Waals surface area contributed by atoms with E-state index in [-0.39, 0.29) is 41.4 Å². The summed E-state index contributed by atoms with van der Waals surface area (Å²) in [7, 11) is 1.60. The minimum Gasteiger partial charge on any atom is -0.508 e. The van der Waals surface area contributed by atoms with Crippen LogP contribution in [0.15, 0.2) is 41.0 Å². The van der Waals surface area contributed by atoms with E-state index in [0.717, 1.165) is 24.8 Å². The van der Waals surface area contributed by atoms with Crippen molar-refractivity contribution < 1.29 is 19.4 Å². The van der Waals surface area contributed by atoms with Gasteiger partial charge in [0, 0.05) is 13.0 Å². The fourth-order valence-electron chi connectivity index (χ4n) is 5.26. The van der Waals surface area contributed by atoms with Crippen LogP contribution in [0.3, 0.4) is 0 Å². The highest BCUT2D eigenvalue weighted by atomic mass is 16.5. The van der Waals surface area contributed by atoms with Crippen LogP contribution in [0.4, 0.5) is 0 Å². The highest BCUT2D eigenvalue weighted by Gasteiger charge is 2.55. The summed E-state index contributed by atoms with van der Waals surface area (Å²) in [5.41, 5.74) is 4.92. The normalized spacial score (nSPS) is 29.5. The van der Waals surface area contributed by atoms with Crippen LogP contribution in [0.1, 0.15) is 45.1 Å². The Morgan fingerprint density at radius 1 is 1.21 bits per heavy atom. The van der Waals surface area contributed by atoms with Gasteiger partial charge in [-0.15, -0.1) is 0 Å². The molecule has 2 aliphatic heterocycles. The molecule has 2 amide bonds. The molecule has 5 heteroatoms. The largest absolute Gasteiger partial charge is 0.508 e. The van der Waals surface area contributed by atoms with Crippen molar-refractivity contribution in [1.29, 1.82) is 0 Å². The van der Waals surface area contributed by atoms with Gasteiger partial charge in [-0.3, -0.25) is 14.5 Å². The number of phenols is 1. The number of phenolic OH excluding ortho intramolecular Hbond substituents is 1. The van der Waals surface area contributed by atoms with Gasteiger partial charge >= 0.3 is 0 Å². The first-order chi connectivity index (χ1) is 13.9. The molecule has 2 fully saturated rings. The molecule has 0 radical (unpaired) electrons. The van der Waals surface area contributed by atoms with Crippen LogP contribution >= 0.6 is 0 Å². The Labute approximate surface area is 172 Å². The molecule has 1 aliphatic carbocycles. The predicted molar refractivity (Wildman–Crippen MR) is 111 cm³/mol. The van der Waals surface area contributed by atoms with E-state index in [9.17, 15) is 14.7 Å². The Morgan fingerprint density at radius 3 is 2.62 bits per heavy atom. The molecular weight excluding hydrogens is 366 g/mol. The molecule has 29 heavy (non-hydrogen) atoms. The molecular formula is C24H29NO4. The number of ether oxygens (including phenoxy) is 1. The van der Waals surface area contributed by atoms with E-state index < -0.39 is 0 Å². The standard InChI is InChI=1S/C24H29NO4/c1-4-15(12-16-5-8-17(26)9-6-16)7-10-20-21-14(2)11-18-22(19(21)13-29-20)24(28)25(3)23(18)27/h5-6,8-9,12,18-20,22,26H,4,7,10-11,13H2,1-3H3/b15-12+/t18-,19+,20-,22-/m1/s1. The SMILES string of the molecule is CC/C(=C\c1ccc(O)cc1)CC[C@H]1OC[C@H]2C1=C(C)C[C@H]1C(=O)N(C)C(=O)[C@H]12. The maximum absolute atomic E-state index is 12.6. The van der Waals surface area contributed by atoms with Gasteiger partial charge in [-0.25, -0.2) is 0 Å². The third kappa shape index (κ3) is 3.52. The average molecular weight is 395 g/mol. The fourth-order valence-corrected chi connectivity index (χ4v) is 5.26. The minimum absolute atomic E-state index is 0.0320. The maximum Gasteiger partial charge on any atom is 0.233 e. The zero-order chi connectivity index (χ0) is 20.7. The number of rotatable bonds is 5. The number of hydrogen-bond acceptors (Lipinski definition) is 4. The highest BCUT2D eigenvalue weighted by Crippen LogP contribution is 2.49. The first-order valence-corrected chi connectivity index (χ1v) is 10.5. The van der Waals surface area contributed by atoms with Gasteiger partial charge < -0.3 is 9.84 Å². The van der Waals surface area contributed by atoms with Crippen LogP contribution in [0, 0.1) is 17.8 Å². The summed E-state index contributed by atoms with van der Waals surface area (Å²) < 4.78 is 6.16. The number of likely N-dealkylation sites (tertiary alicyclic amines) is 1. The minimum atomic E-state index is -0.241. The van der Waals surface area contributed by atoms with Crippen molar-refractivity contribution in [3.63, 3.8) is 0 Å². The van der Waals surface area contributed by atoms with E-state index in [1.807, 2.05) is 12.1 Å². The lowest BCUT2D eigenvalue weighted by atomic mass is 9.70. The number of hydrogen-bond donors (Lipinski definition) is 1. The van der Waals surface area contributed by atoms with Crippen LogP contribution in [0.2, 0.25) is 0 Å². The Kier molecular flexibility index (Phi) is 5.34. The van der Waals surface area contributed by atoms with Crippen LogP contribution in [0.5, 0.6) is 5.75 Å². The van der Waals surface area contributed by atoms with Gasteiger partial charge in [0.1, 0.15) is 5.75 Å². The van der Waals surface area contributed by atoms with Gasteiger partial charge in [-0.05, 0) is 55.9 Å². The first-order valence-electron chi connectivity index (χ1n) is 10.5. The molecule has 0 aromatic heterocycles. The summed E-state index contributed by atoms with van der Waals surface area (Å²) in [6, 6.07) is 7.24. The zero-order valence-electron chi connectivity index (χ0n) is 17.4. The molecule has 0 spiro atoms. The molecule has 2 saturated heterocycles. The topological polar surface area (TPSA) is 66.8 Å². The molecule has 1 N–H and O–H groups in total. The van der Waals surface area contributed by atoms with Gasteiger partial charge in [-0.1, -0.05) is 36.3 Å². The molecule has 5 nitrogen and oxygen atoms in total. The van der Waals surface area contributed by atoms with Gasteiger partial charge in [0.05, 0.1) is 24.5 Å². The summed E-state index contributed by atoms with van der Waals surface area (Å²) in [4.78, 5) is 26.4. The molecule has 0 unspecified atom stereocenters. The number of carbonyl (C=O) groups is 2. The van der Waals surface area contributed by atoms with Crippen LogP contribution < -0.4 is 0 Å². The Balaban J connectivity index is 1.49. The summed E-state index contributed by atoms with van der Waals surface area (Å²) in [5.74, 6) is -0.202. The lowest BCUT2D eigenvalue weighted by Gasteiger charge is -2.30. The first kappa shape index (κ1) is 19.9. The van der Waals surface area contributed by atoms with Crippen molar-refractivity contribution in [2.45, 2.75) is 45.6 Å². The number of nitrogens with zero attached hydrogens (tertiary/aromatic N) is 1. The summed E-state index contributed by atoms with van der Waals surface area (Å²) >= 11 is 0. The lowest BCUT2D eigenvalue weighted by Crippen LogP contribution is -2.33. The number of aromatic hydroxyl groups is 1. The van der Waals surface area contributed by atoms with Gasteiger partial charge in [-0.2, -0.15) is 0 Å². The third-order valence-corrected chi connectivity index (χ3v) is 6.82. The van der Waals surface area contributed by atoms with Gasteiger partial charge in [0.15, 0.2) is 0 Å². The van der Waals surface area contributed by atoms with Crippen molar-refractivity contribution in [2.75, 3.05) is 13.7 Å². The smallest absolute Gasteiger partial charge is 0.233 e. The highest BCUT2D eigenvalue weighted by molar-refractivity contribution is 6.05. The Hall–Kier alpha value is -2.40. The molecule has 3 aliphatic rings. The molecule has 4 rings (SSSR count). The molecule has 1 aromatic rings. The second-order valence-electron chi connectivity index (χ2n) is 8.52. The van der Waals surface area contributed by atoms with E-state index in [0.29, 0.717) is 13.0 Å².